The predicted molar refractivity (Wildman–Crippen MR) is 116 cm³/mol. The van der Waals surface area contributed by atoms with Gasteiger partial charge in [-0.05, 0) is 54.2 Å². The molecular formula is C25H36O4. The SMILES string of the molecule is CC(OCOC(=O)Cc1ccccc1)OC1=CCC(C(C(C)C)C(C)(C)C)C=C1. The Bertz CT molecular complexity index is 697. The highest BCUT2D eigenvalue weighted by atomic mass is 16.8. The summed E-state index contributed by atoms with van der Waals surface area (Å²) in [5.41, 5.74) is 1.18. The van der Waals surface area contributed by atoms with Crippen molar-refractivity contribution in [1.82, 2.24) is 0 Å². The van der Waals surface area contributed by atoms with Gasteiger partial charge in [-0.1, -0.05) is 71.0 Å². The standard InChI is InChI=1S/C25H36O4/c1-18(2)24(25(4,5)6)21-12-14-22(15-13-21)29-19(3)27-17-28-23(26)16-20-10-8-7-9-11-20/h7-12,14-15,18-19,21,24H,13,16-17H2,1-6H3. The van der Waals surface area contributed by atoms with Crippen molar-refractivity contribution in [3.63, 3.8) is 0 Å². The van der Waals surface area contributed by atoms with Crippen molar-refractivity contribution >= 4 is 5.97 Å². The second-order valence-corrected chi connectivity index (χ2v) is 9.15. The van der Waals surface area contributed by atoms with Gasteiger partial charge in [0.1, 0.15) is 5.76 Å². The third kappa shape index (κ3) is 7.69. The maximum Gasteiger partial charge on any atom is 0.312 e. The number of carbonyl (C=O) groups is 1. The van der Waals surface area contributed by atoms with Crippen molar-refractivity contribution in [1.29, 1.82) is 0 Å². The minimum absolute atomic E-state index is 0.119. The van der Waals surface area contributed by atoms with E-state index < -0.39 is 6.29 Å². The zero-order valence-electron chi connectivity index (χ0n) is 18.7. The van der Waals surface area contributed by atoms with Gasteiger partial charge in [0.2, 0.25) is 6.29 Å². The molecule has 0 saturated heterocycles. The Morgan fingerprint density at radius 3 is 2.38 bits per heavy atom. The van der Waals surface area contributed by atoms with Crippen molar-refractivity contribution < 1.29 is 19.0 Å². The lowest BCUT2D eigenvalue weighted by Crippen LogP contribution is -2.32. The Morgan fingerprint density at radius 2 is 1.83 bits per heavy atom. The summed E-state index contributed by atoms with van der Waals surface area (Å²) in [6.07, 6.45) is 7.14. The van der Waals surface area contributed by atoms with E-state index in [1.165, 1.54) is 0 Å². The maximum absolute atomic E-state index is 11.9. The molecule has 3 atom stereocenters. The summed E-state index contributed by atoms with van der Waals surface area (Å²) < 4.78 is 16.4. The first-order valence-electron chi connectivity index (χ1n) is 10.5. The zero-order valence-corrected chi connectivity index (χ0v) is 18.7. The van der Waals surface area contributed by atoms with Crippen LogP contribution in [-0.4, -0.2) is 19.1 Å². The van der Waals surface area contributed by atoms with Crippen LogP contribution in [0.2, 0.25) is 0 Å². The Hall–Kier alpha value is -2.07. The van der Waals surface area contributed by atoms with Crippen molar-refractivity contribution in [2.24, 2.45) is 23.2 Å². The molecule has 1 aliphatic rings. The predicted octanol–water partition coefficient (Wildman–Crippen LogP) is 5.89. The molecule has 4 heteroatoms. The van der Waals surface area contributed by atoms with Crippen molar-refractivity contribution in [3.8, 4) is 0 Å². The lowest BCUT2D eigenvalue weighted by atomic mass is 9.66. The molecule has 4 nitrogen and oxygen atoms in total. The van der Waals surface area contributed by atoms with Crippen LogP contribution in [0.25, 0.3) is 0 Å². The summed E-state index contributed by atoms with van der Waals surface area (Å²) in [6.45, 7) is 13.2. The van der Waals surface area contributed by atoms with E-state index in [1.54, 1.807) is 6.92 Å². The van der Waals surface area contributed by atoms with Crippen molar-refractivity contribution in [2.75, 3.05) is 6.79 Å². The van der Waals surface area contributed by atoms with Gasteiger partial charge in [-0.2, -0.15) is 0 Å². The van der Waals surface area contributed by atoms with Gasteiger partial charge in [-0.3, -0.25) is 4.79 Å². The van der Waals surface area contributed by atoms with E-state index in [1.807, 2.05) is 36.4 Å². The summed E-state index contributed by atoms with van der Waals surface area (Å²) in [6, 6.07) is 9.50. The molecule has 2 rings (SSSR count). The van der Waals surface area contributed by atoms with E-state index in [0.717, 1.165) is 17.7 Å². The topological polar surface area (TPSA) is 44.8 Å². The Balaban J connectivity index is 1.73. The molecule has 0 spiro atoms. The van der Waals surface area contributed by atoms with Crippen LogP contribution in [0, 0.1) is 23.2 Å². The number of benzene rings is 1. The van der Waals surface area contributed by atoms with E-state index in [-0.39, 0.29) is 24.6 Å². The highest BCUT2D eigenvalue weighted by Crippen LogP contribution is 2.41. The van der Waals surface area contributed by atoms with E-state index in [4.69, 9.17) is 14.2 Å². The molecule has 29 heavy (non-hydrogen) atoms. The molecule has 0 heterocycles. The smallest absolute Gasteiger partial charge is 0.312 e. The maximum atomic E-state index is 11.9. The first-order chi connectivity index (χ1) is 13.7. The second-order valence-electron chi connectivity index (χ2n) is 9.15. The molecule has 0 aliphatic heterocycles. The van der Waals surface area contributed by atoms with Crippen LogP contribution in [0.15, 0.2) is 54.3 Å². The van der Waals surface area contributed by atoms with E-state index in [9.17, 15) is 4.79 Å². The number of rotatable bonds is 9. The number of carbonyl (C=O) groups excluding carboxylic acids is 1. The van der Waals surface area contributed by atoms with Crippen LogP contribution in [-0.2, 0) is 25.4 Å². The van der Waals surface area contributed by atoms with Gasteiger partial charge in [-0.25, -0.2) is 0 Å². The number of ether oxygens (including phenoxy) is 3. The monoisotopic (exact) mass is 400 g/mol. The third-order valence-electron chi connectivity index (χ3n) is 5.29. The fraction of sp³-hybridized carbons (Fsp3) is 0.560. The summed E-state index contributed by atoms with van der Waals surface area (Å²) in [5.74, 6) is 2.23. The zero-order chi connectivity index (χ0) is 21.4. The molecule has 3 unspecified atom stereocenters. The quantitative estimate of drug-likeness (QED) is 0.383. The summed E-state index contributed by atoms with van der Waals surface area (Å²) in [5, 5.41) is 0. The van der Waals surface area contributed by atoms with Crippen LogP contribution < -0.4 is 0 Å². The van der Waals surface area contributed by atoms with Crippen LogP contribution in [0.5, 0.6) is 0 Å². The second kappa shape index (κ2) is 10.6. The number of esters is 1. The normalized spacial score (nSPS) is 18.9. The highest BCUT2D eigenvalue weighted by molar-refractivity contribution is 5.72. The van der Waals surface area contributed by atoms with Gasteiger partial charge < -0.3 is 14.2 Å². The van der Waals surface area contributed by atoms with E-state index in [2.05, 4.69) is 46.8 Å². The van der Waals surface area contributed by atoms with Crippen LogP contribution in [0.3, 0.4) is 0 Å². The average Bonchev–Trinajstić information content (AvgIpc) is 2.62. The molecule has 0 bridgehead atoms. The number of hydrogen-bond acceptors (Lipinski definition) is 4. The number of allylic oxidation sites excluding steroid dienone is 3. The van der Waals surface area contributed by atoms with E-state index >= 15 is 0 Å². The fourth-order valence-electron chi connectivity index (χ4n) is 4.34. The van der Waals surface area contributed by atoms with Crippen molar-refractivity contribution in [3.05, 3.63) is 59.9 Å². The first kappa shape index (κ1) is 23.2. The summed E-state index contributed by atoms with van der Waals surface area (Å²) >= 11 is 0. The molecule has 1 aliphatic carbocycles. The van der Waals surface area contributed by atoms with Gasteiger partial charge in [0.15, 0.2) is 6.79 Å². The van der Waals surface area contributed by atoms with Gasteiger partial charge in [0, 0.05) is 0 Å². The van der Waals surface area contributed by atoms with E-state index in [0.29, 0.717) is 17.8 Å². The minimum atomic E-state index is -0.490. The third-order valence-corrected chi connectivity index (χ3v) is 5.29. The molecule has 0 saturated carbocycles. The lowest BCUT2D eigenvalue weighted by Gasteiger charge is -2.39. The Morgan fingerprint density at radius 1 is 1.14 bits per heavy atom. The van der Waals surface area contributed by atoms with Gasteiger partial charge >= 0.3 is 5.97 Å². The van der Waals surface area contributed by atoms with Gasteiger partial charge in [0.05, 0.1) is 6.42 Å². The number of hydrogen-bond donors (Lipinski definition) is 0. The largest absolute Gasteiger partial charge is 0.465 e. The Kier molecular flexibility index (Phi) is 8.51. The average molecular weight is 401 g/mol. The Labute approximate surface area is 175 Å². The molecule has 1 aromatic rings. The molecule has 0 radical (unpaired) electrons. The van der Waals surface area contributed by atoms with Crippen LogP contribution in [0.1, 0.15) is 53.5 Å². The summed E-state index contributed by atoms with van der Waals surface area (Å²) in [7, 11) is 0. The van der Waals surface area contributed by atoms with Crippen LogP contribution in [0.4, 0.5) is 0 Å². The molecule has 0 amide bonds. The van der Waals surface area contributed by atoms with Crippen molar-refractivity contribution in [2.45, 2.75) is 60.7 Å². The molecule has 160 valence electrons. The molecule has 0 fully saturated rings. The fourth-order valence-corrected chi connectivity index (χ4v) is 4.34. The lowest BCUT2D eigenvalue weighted by molar-refractivity contribution is -0.182. The van der Waals surface area contributed by atoms with Gasteiger partial charge in [-0.15, -0.1) is 0 Å². The minimum Gasteiger partial charge on any atom is -0.465 e. The molecule has 0 aromatic heterocycles. The summed E-state index contributed by atoms with van der Waals surface area (Å²) in [4.78, 5) is 11.9. The molecule has 1 aromatic carbocycles. The van der Waals surface area contributed by atoms with Crippen LogP contribution >= 0.6 is 0 Å². The molecular weight excluding hydrogens is 364 g/mol. The first-order valence-corrected chi connectivity index (χ1v) is 10.5. The molecule has 0 N–H and O–H groups in total. The highest BCUT2D eigenvalue weighted by Gasteiger charge is 2.33. The van der Waals surface area contributed by atoms with Gasteiger partial charge in [0.25, 0.3) is 0 Å².